The normalized spacial score (nSPS) is 11.0. The summed E-state index contributed by atoms with van der Waals surface area (Å²) in [6.07, 6.45) is 1.63. The van der Waals surface area contributed by atoms with Crippen LogP contribution in [0.5, 0.6) is 5.75 Å². The Morgan fingerprint density at radius 2 is 2.08 bits per heavy atom. The Bertz CT molecular complexity index is 897. The van der Waals surface area contributed by atoms with E-state index in [1.807, 2.05) is 24.3 Å². The minimum atomic E-state index is -0.263. The van der Waals surface area contributed by atoms with Gasteiger partial charge >= 0.3 is 0 Å². The summed E-state index contributed by atoms with van der Waals surface area (Å²) in [5.41, 5.74) is 4.58. The molecule has 2 aromatic carbocycles. The van der Waals surface area contributed by atoms with Crippen molar-refractivity contribution in [3.63, 3.8) is 0 Å². The van der Waals surface area contributed by atoms with E-state index in [9.17, 15) is 4.39 Å². The van der Waals surface area contributed by atoms with Crippen molar-refractivity contribution in [3.05, 3.63) is 65.5 Å². The maximum atomic E-state index is 12.9. The van der Waals surface area contributed by atoms with Crippen LogP contribution in [0, 0.1) is 5.82 Å². The summed E-state index contributed by atoms with van der Waals surface area (Å²) in [4.78, 5) is 0. The SMILES string of the molecule is COc1cccc(/C=N/Nc2nnc(SCc3ccc(F)cc3)n2N)c1. The topological polar surface area (TPSA) is 90.3 Å². The first-order chi connectivity index (χ1) is 12.7. The molecular weight excluding hydrogens is 355 g/mol. The Morgan fingerprint density at radius 3 is 2.85 bits per heavy atom. The number of anilines is 1. The zero-order chi connectivity index (χ0) is 18.4. The van der Waals surface area contributed by atoms with Gasteiger partial charge in [-0.2, -0.15) is 5.10 Å². The van der Waals surface area contributed by atoms with Crippen LogP contribution in [0.4, 0.5) is 10.3 Å². The van der Waals surface area contributed by atoms with Crippen molar-refractivity contribution in [2.45, 2.75) is 10.9 Å². The zero-order valence-electron chi connectivity index (χ0n) is 14.0. The van der Waals surface area contributed by atoms with Gasteiger partial charge < -0.3 is 10.6 Å². The van der Waals surface area contributed by atoms with E-state index >= 15 is 0 Å². The van der Waals surface area contributed by atoms with E-state index in [4.69, 9.17) is 10.6 Å². The summed E-state index contributed by atoms with van der Waals surface area (Å²) in [6.45, 7) is 0. The van der Waals surface area contributed by atoms with Gasteiger partial charge in [-0.15, -0.1) is 10.2 Å². The molecule has 0 saturated carbocycles. The van der Waals surface area contributed by atoms with Crippen molar-refractivity contribution in [2.24, 2.45) is 5.10 Å². The average molecular weight is 372 g/mol. The Kier molecular flexibility index (Phi) is 5.69. The van der Waals surface area contributed by atoms with Crippen molar-refractivity contribution < 1.29 is 9.13 Å². The van der Waals surface area contributed by atoms with E-state index in [2.05, 4.69) is 20.7 Å². The Labute approximate surface area is 154 Å². The highest BCUT2D eigenvalue weighted by Gasteiger charge is 2.09. The molecule has 3 N–H and O–H groups in total. The largest absolute Gasteiger partial charge is 0.497 e. The molecule has 1 aromatic heterocycles. The van der Waals surface area contributed by atoms with Crippen LogP contribution in [0.2, 0.25) is 0 Å². The molecule has 0 aliphatic heterocycles. The molecule has 7 nitrogen and oxygen atoms in total. The minimum absolute atomic E-state index is 0.263. The zero-order valence-corrected chi connectivity index (χ0v) is 14.8. The number of aromatic nitrogens is 3. The van der Waals surface area contributed by atoms with Gasteiger partial charge in [-0.3, -0.25) is 0 Å². The van der Waals surface area contributed by atoms with Crippen LogP contribution >= 0.6 is 11.8 Å². The van der Waals surface area contributed by atoms with Crippen LogP contribution in [-0.4, -0.2) is 28.2 Å². The van der Waals surface area contributed by atoms with Gasteiger partial charge in [0.05, 0.1) is 13.3 Å². The molecule has 0 radical (unpaired) electrons. The predicted octanol–water partition coefficient (Wildman–Crippen LogP) is 2.88. The highest BCUT2D eigenvalue weighted by atomic mass is 32.2. The third-order valence-corrected chi connectivity index (χ3v) is 4.43. The van der Waals surface area contributed by atoms with Crippen LogP contribution in [-0.2, 0) is 5.75 Å². The molecule has 0 unspecified atom stereocenters. The number of ether oxygens (including phenoxy) is 1. The second-order valence-corrected chi connectivity index (χ2v) is 6.18. The summed E-state index contributed by atoms with van der Waals surface area (Å²) in [5.74, 6) is 7.36. The quantitative estimate of drug-likeness (QED) is 0.287. The fourth-order valence-corrected chi connectivity index (χ4v) is 2.88. The molecule has 26 heavy (non-hydrogen) atoms. The Hall–Kier alpha value is -3.07. The molecule has 0 bridgehead atoms. The molecule has 9 heteroatoms. The number of halogens is 1. The lowest BCUT2D eigenvalue weighted by Gasteiger charge is -2.03. The van der Waals surface area contributed by atoms with E-state index in [1.165, 1.54) is 28.6 Å². The number of nitrogens with one attached hydrogen (secondary N) is 1. The number of rotatable bonds is 7. The predicted molar refractivity (Wildman–Crippen MR) is 100 cm³/mol. The number of hydrogen-bond donors (Lipinski definition) is 2. The maximum Gasteiger partial charge on any atom is 0.264 e. The van der Waals surface area contributed by atoms with E-state index in [0.717, 1.165) is 16.9 Å². The molecule has 0 saturated heterocycles. The molecule has 134 valence electrons. The van der Waals surface area contributed by atoms with Crippen molar-refractivity contribution in [3.8, 4) is 5.75 Å². The number of thioether (sulfide) groups is 1. The Balaban J connectivity index is 1.59. The third kappa shape index (κ3) is 4.51. The summed E-state index contributed by atoms with van der Waals surface area (Å²) < 4.78 is 19.4. The number of nitrogen functional groups attached to an aromatic ring is 1. The smallest absolute Gasteiger partial charge is 0.264 e. The number of nitrogens with two attached hydrogens (primary N) is 1. The molecular formula is C17H17FN6OS. The third-order valence-electron chi connectivity index (χ3n) is 3.42. The van der Waals surface area contributed by atoms with Gasteiger partial charge in [0.1, 0.15) is 11.6 Å². The van der Waals surface area contributed by atoms with E-state index in [1.54, 1.807) is 25.5 Å². The second-order valence-electron chi connectivity index (χ2n) is 5.24. The van der Waals surface area contributed by atoms with E-state index in [0.29, 0.717) is 16.9 Å². The van der Waals surface area contributed by atoms with Crippen LogP contribution in [0.25, 0.3) is 0 Å². The number of methoxy groups -OCH3 is 1. The van der Waals surface area contributed by atoms with Crippen LogP contribution in [0.3, 0.4) is 0 Å². The van der Waals surface area contributed by atoms with Gasteiger partial charge in [0, 0.05) is 5.75 Å². The van der Waals surface area contributed by atoms with Crippen LogP contribution < -0.4 is 16.0 Å². The lowest BCUT2D eigenvalue weighted by molar-refractivity contribution is 0.415. The summed E-state index contributed by atoms with van der Waals surface area (Å²) in [5, 5.41) is 12.6. The fraction of sp³-hybridized carbons (Fsp3) is 0.118. The second kappa shape index (κ2) is 8.34. The molecule has 3 aromatic rings. The minimum Gasteiger partial charge on any atom is -0.497 e. The monoisotopic (exact) mass is 372 g/mol. The molecule has 0 aliphatic carbocycles. The van der Waals surface area contributed by atoms with Crippen molar-refractivity contribution in [2.75, 3.05) is 18.4 Å². The molecule has 0 spiro atoms. The van der Waals surface area contributed by atoms with Crippen LogP contribution in [0.15, 0.2) is 58.8 Å². The number of hydrogen-bond acceptors (Lipinski definition) is 7. The van der Waals surface area contributed by atoms with Crippen molar-refractivity contribution >= 4 is 23.9 Å². The van der Waals surface area contributed by atoms with Crippen molar-refractivity contribution in [1.82, 2.24) is 14.9 Å². The Morgan fingerprint density at radius 1 is 1.27 bits per heavy atom. The summed E-state index contributed by atoms with van der Waals surface area (Å²) in [7, 11) is 1.61. The molecule has 0 amide bonds. The number of hydrazone groups is 1. The van der Waals surface area contributed by atoms with Gasteiger partial charge in [-0.25, -0.2) is 14.5 Å². The number of nitrogens with zero attached hydrogens (tertiary/aromatic N) is 4. The average Bonchev–Trinajstić information content (AvgIpc) is 3.01. The first-order valence-corrected chi connectivity index (χ1v) is 8.65. The molecule has 3 rings (SSSR count). The van der Waals surface area contributed by atoms with E-state index < -0.39 is 0 Å². The summed E-state index contributed by atoms with van der Waals surface area (Å²) in [6, 6.07) is 13.7. The fourth-order valence-electron chi connectivity index (χ4n) is 2.07. The standard InChI is InChI=1S/C17H17FN6OS/c1-25-15-4-2-3-13(9-15)10-20-21-16-22-23-17(24(16)19)26-11-12-5-7-14(18)8-6-12/h2-10H,11,19H2,1H3,(H,21,22)/b20-10+. The van der Waals surface area contributed by atoms with E-state index in [-0.39, 0.29) is 5.82 Å². The number of benzene rings is 2. The molecule has 0 aliphatic rings. The van der Waals surface area contributed by atoms with Crippen LogP contribution in [0.1, 0.15) is 11.1 Å². The molecule has 0 fully saturated rings. The lowest BCUT2D eigenvalue weighted by atomic mass is 10.2. The van der Waals surface area contributed by atoms with Crippen molar-refractivity contribution in [1.29, 1.82) is 0 Å². The highest BCUT2D eigenvalue weighted by Crippen LogP contribution is 2.21. The molecule has 0 atom stereocenters. The first-order valence-electron chi connectivity index (χ1n) is 7.66. The first kappa shape index (κ1) is 17.7. The maximum absolute atomic E-state index is 12.9. The van der Waals surface area contributed by atoms with Gasteiger partial charge in [0.15, 0.2) is 0 Å². The van der Waals surface area contributed by atoms with Gasteiger partial charge in [0.2, 0.25) is 5.16 Å². The van der Waals surface area contributed by atoms with Gasteiger partial charge in [-0.1, -0.05) is 36.0 Å². The molecule has 1 heterocycles. The van der Waals surface area contributed by atoms with Gasteiger partial charge in [-0.05, 0) is 35.4 Å². The summed E-state index contributed by atoms with van der Waals surface area (Å²) >= 11 is 1.40. The highest BCUT2D eigenvalue weighted by molar-refractivity contribution is 7.98. The lowest BCUT2D eigenvalue weighted by Crippen LogP contribution is -2.13. The van der Waals surface area contributed by atoms with Gasteiger partial charge in [0.25, 0.3) is 5.95 Å².